The molecule has 0 aliphatic heterocycles. The summed E-state index contributed by atoms with van der Waals surface area (Å²) in [6.45, 7) is 3.32. The highest BCUT2D eigenvalue weighted by Crippen LogP contribution is 2.37. The molecule has 0 saturated heterocycles. The van der Waals surface area contributed by atoms with E-state index >= 15 is 0 Å². The Hall–Kier alpha value is -3.28. The van der Waals surface area contributed by atoms with E-state index in [0.717, 1.165) is 66.3 Å². The van der Waals surface area contributed by atoms with Gasteiger partial charge in [-0.2, -0.15) is 0 Å². The highest BCUT2D eigenvalue weighted by atomic mass is 17.2. The first-order chi connectivity index (χ1) is 17.7. The van der Waals surface area contributed by atoms with Crippen molar-refractivity contribution < 1.29 is 23.7 Å². The van der Waals surface area contributed by atoms with E-state index in [1.54, 1.807) is 7.11 Å². The molecule has 0 bridgehead atoms. The Labute approximate surface area is 212 Å². The Morgan fingerprint density at radius 2 is 1.83 bits per heavy atom. The van der Waals surface area contributed by atoms with E-state index in [1.165, 1.54) is 16.5 Å². The molecule has 4 aromatic rings. The molecule has 0 N–H and O–H groups in total. The van der Waals surface area contributed by atoms with Crippen molar-refractivity contribution in [2.45, 2.75) is 51.4 Å². The molecule has 1 aliphatic carbocycles. The van der Waals surface area contributed by atoms with Crippen LogP contribution in [0.4, 0.5) is 0 Å². The van der Waals surface area contributed by atoms with Crippen LogP contribution in [0.15, 0.2) is 71.1 Å². The molecule has 1 aliphatic rings. The van der Waals surface area contributed by atoms with Crippen LogP contribution in [-0.2, 0) is 29.0 Å². The summed E-state index contributed by atoms with van der Waals surface area (Å²) in [6.07, 6.45) is 6.03. The van der Waals surface area contributed by atoms with Crippen molar-refractivity contribution in [1.82, 2.24) is 0 Å². The lowest BCUT2D eigenvalue weighted by Crippen LogP contribution is -2.15. The lowest BCUT2D eigenvalue weighted by molar-refractivity contribution is -0.275. The van der Waals surface area contributed by atoms with Gasteiger partial charge in [0, 0.05) is 17.7 Å². The maximum absolute atomic E-state index is 6.22. The Morgan fingerprint density at radius 3 is 2.67 bits per heavy atom. The normalized spacial score (nSPS) is 15.1. The van der Waals surface area contributed by atoms with Crippen LogP contribution in [0.25, 0.3) is 11.0 Å². The van der Waals surface area contributed by atoms with Gasteiger partial charge in [0.2, 0.25) is 0 Å². The van der Waals surface area contributed by atoms with Crippen LogP contribution in [0.2, 0.25) is 0 Å². The largest absolute Gasteiger partial charge is 0.493 e. The van der Waals surface area contributed by atoms with Gasteiger partial charge in [-0.05, 0) is 84.8 Å². The van der Waals surface area contributed by atoms with Crippen LogP contribution in [0, 0.1) is 0 Å². The maximum atomic E-state index is 6.22. The number of hydrogen-bond acceptors (Lipinski definition) is 5. The molecular weight excluding hydrogens is 452 g/mol. The third-order valence-electron chi connectivity index (χ3n) is 6.84. The zero-order valence-electron chi connectivity index (χ0n) is 21.1. The van der Waals surface area contributed by atoms with E-state index in [4.69, 9.17) is 23.7 Å². The van der Waals surface area contributed by atoms with Crippen LogP contribution in [-0.4, -0.2) is 20.3 Å². The van der Waals surface area contributed by atoms with E-state index in [0.29, 0.717) is 25.6 Å². The van der Waals surface area contributed by atoms with Gasteiger partial charge in [-0.25, -0.2) is 9.78 Å². The smallest absolute Gasteiger partial charge is 0.134 e. The lowest BCUT2D eigenvalue weighted by Gasteiger charge is -2.25. The van der Waals surface area contributed by atoms with Gasteiger partial charge in [-0.15, -0.1) is 0 Å². The Kier molecular flexibility index (Phi) is 7.89. The van der Waals surface area contributed by atoms with Gasteiger partial charge >= 0.3 is 0 Å². The zero-order valence-corrected chi connectivity index (χ0v) is 21.1. The molecule has 1 aromatic heterocycles. The number of ether oxygens (including phenoxy) is 2. The quantitative estimate of drug-likeness (QED) is 0.160. The number of fused-ring (bicyclic) bond motifs is 3. The van der Waals surface area contributed by atoms with Crippen LogP contribution in [0.5, 0.6) is 17.2 Å². The number of benzene rings is 3. The van der Waals surface area contributed by atoms with E-state index in [-0.39, 0.29) is 0 Å². The SMILES string of the molecule is CCCc1cc(Oc2ccccc2)ccc1OCCc1cc2c3c(ccc2o1)C(COOC)CCC3. The number of aryl methyl sites for hydroxylation is 2. The number of hydrogen-bond donors (Lipinski definition) is 0. The summed E-state index contributed by atoms with van der Waals surface area (Å²) in [5, 5.41) is 1.22. The predicted octanol–water partition coefficient (Wildman–Crippen LogP) is 7.80. The lowest BCUT2D eigenvalue weighted by atomic mass is 9.82. The van der Waals surface area contributed by atoms with Crippen LogP contribution in [0.1, 0.15) is 54.6 Å². The van der Waals surface area contributed by atoms with Crippen molar-refractivity contribution in [2.75, 3.05) is 20.3 Å². The highest BCUT2D eigenvalue weighted by Gasteiger charge is 2.23. The summed E-state index contributed by atoms with van der Waals surface area (Å²) < 4.78 is 18.4. The van der Waals surface area contributed by atoms with Crippen molar-refractivity contribution in [3.63, 3.8) is 0 Å². The Balaban J connectivity index is 1.26. The molecule has 1 heterocycles. The van der Waals surface area contributed by atoms with Crippen molar-refractivity contribution in [1.29, 1.82) is 0 Å². The van der Waals surface area contributed by atoms with Crippen LogP contribution < -0.4 is 9.47 Å². The minimum Gasteiger partial charge on any atom is -0.493 e. The third-order valence-corrected chi connectivity index (χ3v) is 6.84. The molecule has 0 radical (unpaired) electrons. The van der Waals surface area contributed by atoms with Gasteiger partial charge in [-0.1, -0.05) is 37.6 Å². The monoisotopic (exact) mass is 486 g/mol. The van der Waals surface area contributed by atoms with Gasteiger partial charge in [0.05, 0.1) is 20.3 Å². The van der Waals surface area contributed by atoms with Crippen molar-refractivity contribution in [3.05, 3.63) is 89.2 Å². The molecule has 0 amide bonds. The molecule has 1 atom stereocenters. The second-order valence-corrected chi connectivity index (χ2v) is 9.33. The summed E-state index contributed by atoms with van der Waals surface area (Å²) in [7, 11) is 1.56. The average Bonchev–Trinajstić information content (AvgIpc) is 3.33. The summed E-state index contributed by atoms with van der Waals surface area (Å²) in [6, 6.07) is 22.4. The van der Waals surface area contributed by atoms with E-state index in [2.05, 4.69) is 31.2 Å². The second-order valence-electron chi connectivity index (χ2n) is 9.33. The van der Waals surface area contributed by atoms with Gasteiger partial charge < -0.3 is 13.9 Å². The van der Waals surface area contributed by atoms with Crippen molar-refractivity contribution in [3.8, 4) is 17.2 Å². The highest BCUT2D eigenvalue weighted by molar-refractivity contribution is 5.83. The van der Waals surface area contributed by atoms with Crippen molar-refractivity contribution >= 4 is 11.0 Å². The summed E-state index contributed by atoms with van der Waals surface area (Å²) in [5.41, 5.74) is 4.86. The topological polar surface area (TPSA) is 50.1 Å². The fraction of sp³-hybridized carbons (Fsp3) is 0.355. The molecule has 188 valence electrons. The van der Waals surface area contributed by atoms with E-state index in [1.807, 2.05) is 42.5 Å². The van der Waals surface area contributed by atoms with E-state index in [9.17, 15) is 0 Å². The second kappa shape index (κ2) is 11.6. The molecule has 0 spiro atoms. The van der Waals surface area contributed by atoms with Gasteiger partial charge in [0.15, 0.2) is 0 Å². The molecule has 3 aromatic carbocycles. The van der Waals surface area contributed by atoms with Crippen LogP contribution in [0.3, 0.4) is 0 Å². The number of furan rings is 1. The third kappa shape index (κ3) is 5.58. The fourth-order valence-corrected chi connectivity index (χ4v) is 5.14. The molecule has 5 heteroatoms. The van der Waals surface area contributed by atoms with Gasteiger partial charge in [0.25, 0.3) is 0 Å². The van der Waals surface area contributed by atoms with Crippen LogP contribution >= 0.6 is 0 Å². The minimum absolute atomic E-state index is 0.366. The first-order valence-electron chi connectivity index (χ1n) is 12.9. The molecular formula is C31H34O5. The average molecular weight is 487 g/mol. The molecule has 5 nitrogen and oxygen atoms in total. The molecule has 5 rings (SSSR count). The van der Waals surface area contributed by atoms with E-state index < -0.39 is 0 Å². The first-order valence-corrected chi connectivity index (χ1v) is 12.9. The minimum atomic E-state index is 0.366. The molecule has 0 fully saturated rings. The fourth-order valence-electron chi connectivity index (χ4n) is 5.14. The Bertz CT molecular complexity index is 1280. The standard InChI is InChI=1S/C31H34O5/c1-3-8-22-19-25(35-24-10-5-4-6-11-24)13-15-30(22)33-18-17-26-20-29-28-12-7-9-23(21-34-32-2)27(28)14-16-31(29)36-26/h4-6,10-11,13-16,19-20,23H,3,7-9,12,17-18,21H2,1-2H3. The first kappa shape index (κ1) is 24.4. The van der Waals surface area contributed by atoms with Gasteiger partial charge in [0.1, 0.15) is 28.6 Å². The predicted molar refractivity (Wildman–Crippen MR) is 141 cm³/mol. The Morgan fingerprint density at radius 1 is 0.944 bits per heavy atom. The number of para-hydroxylation sites is 1. The molecule has 1 unspecified atom stereocenters. The maximum Gasteiger partial charge on any atom is 0.134 e. The summed E-state index contributed by atoms with van der Waals surface area (Å²) in [4.78, 5) is 10.1. The molecule has 0 saturated carbocycles. The summed E-state index contributed by atoms with van der Waals surface area (Å²) >= 11 is 0. The van der Waals surface area contributed by atoms with Gasteiger partial charge in [-0.3, -0.25) is 0 Å². The zero-order chi connectivity index (χ0) is 24.7. The molecule has 36 heavy (non-hydrogen) atoms. The number of rotatable bonds is 11. The summed E-state index contributed by atoms with van der Waals surface area (Å²) in [5.74, 6) is 3.89. The van der Waals surface area contributed by atoms with Crippen molar-refractivity contribution in [2.24, 2.45) is 0 Å².